The van der Waals surface area contributed by atoms with Crippen LogP contribution in [-0.2, 0) is 0 Å². The van der Waals surface area contributed by atoms with E-state index in [0.29, 0.717) is 17.5 Å². The molecular weight excluding hydrogens is 224 g/mol. The van der Waals surface area contributed by atoms with Crippen molar-refractivity contribution in [2.45, 2.75) is 77.4 Å². The fourth-order valence-corrected chi connectivity index (χ4v) is 3.03. The van der Waals surface area contributed by atoms with Crippen LogP contribution in [0.3, 0.4) is 0 Å². The number of aliphatic hydroxyl groups is 1. The van der Waals surface area contributed by atoms with Crippen LogP contribution < -0.4 is 5.73 Å². The smallest absolute Gasteiger partial charge is 0.0609 e. The molecule has 3 N–H and O–H groups in total. The Labute approximate surface area is 113 Å². The highest BCUT2D eigenvalue weighted by molar-refractivity contribution is 4.88. The van der Waals surface area contributed by atoms with Gasteiger partial charge in [0.2, 0.25) is 0 Å². The van der Waals surface area contributed by atoms with Gasteiger partial charge in [-0.15, -0.1) is 0 Å². The van der Waals surface area contributed by atoms with Gasteiger partial charge in [-0.25, -0.2) is 0 Å². The van der Waals surface area contributed by atoms with Crippen molar-refractivity contribution < 1.29 is 5.11 Å². The molecular formula is C15H32N2O. The molecule has 0 radical (unpaired) electrons. The average Bonchev–Trinajstić information content (AvgIpc) is 2.27. The number of hydrogen-bond acceptors (Lipinski definition) is 3. The molecule has 1 fully saturated rings. The van der Waals surface area contributed by atoms with E-state index < -0.39 is 5.54 Å². The van der Waals surface area contributed by atoms with Crippen LogP contribution >= 0.6 is 0 Å². The summed E-state index contributed by atoms with van der Waals surface area (Å²) in [5, 5.41) is 9.26. The Hall–Kier alpha value is -0.120. The molecule has 0 heterocycles. The fraction of sp³-hybridized carbons (Fsp3) is 1.00. The fourth-order valence-electron chi connectivity index (χ4n) is 3.03. The molecule has 0 bridgehead atoms. The van der Waals surface area contributed by atoms with Crippen molar-refractivity contribution in [3.05, 3.63) is 0 Å². The first-order valence-corrected chi connectivity index (χ1v) is 7.28. The maximum atomic E-state index is 9.26. The lowest BCUT2D eigenvalue weighted by Gasteiger charge is -2.42. The highest BCUT2D eigenvalue weighted by Crippen LogP contribution is 2.37. The third-order valence-electron chi connectivity index (χ3n) is 4.70. The van der Waals surface area contributed by atoms with E-state index in [0.717, 1.165) is 6.42 Å². The van der Waals surface area contributed by atoms with Gasteiger partial charge in [-0.3, -0.25) is 0 Å². The second-order valence-corrected chi connectivity index (χ2v) is 7.43. The zero-order valence-corrected chi connectivity index (χ0v) is 12.9. The molecule has 0 aliphatic heterocycles. The summed E-state index contributed by atoms with van der Waals surface area (Å²) in [6, 6.07) is 1.11. The standard InChI is InChI=1S/C15H32N2O/c1-12(10-15(4,16)11-18)17(5)13-6-8-14(2,3)9-7-13/h12-13,18H,6-11,16H2,1-5H3. The predicted molar refractivity (Wildman–Crippen MR) is 77.6 cm³/mol. The molecule has 3 nitrogen and oxygen atoms in total. The largest absolute Gasteiger partial charge is 0.394 e. The van der Waals surface area contributed by atoms with E-state index in [-0.39, 0.29) is 6.61 Å². The van der Waals surface area contributed by atoms with Gasteiger partial charge in [0, 0.05) is 17.6 Å². The first kappa shape index (κ1) is 15.9. The predicted octanol–water partition coefficient (Wildman–Crippen LogP) is 2.38. The number of aliphatic hydroxyl groups excluding tert-OH is 1. The molecule has 2 atom stereocenters. The molecule has 2 unspecified atom stereocenters. The second kappa shape index (κ2) is 5.89. The van der Waals surface area contributed by atoms with Gasteiger partial charge in [0.15, 0.2) is 0 Å². The molecule has 0 aromatic carbocycles. The molecule has 0 spiro atoms. The summed E-state index contributed by atoms with van der Waals surface area (Å²) in [4.78, 5) is 2.47. The molecule has 1 aliphatic rings. The van der Waals surface area contributed by atoms with E-state index >= 15 is 0 Å². The van der Waals surface area contributed by atoms with Crippen molar-refractivity contribution in [3.63, 3.8) is 0 Å². The Bertz CT molecular complexity index is 253. The van der Waals surface area contributed by atoms with Crippen molar-refractivity contribution in [2.24, 2.45) is 11.1 Å². The van der Waals surface area contributed by atoms with Gasteiger partial charge in [-0.05, 0) is 58.4 Å². The summed E-state index contributed by atoms with van der Waals surface area (Å²) in [5.74, 6) is 0. The molecule has 3 heteroatoms. The summed E-state index contributed by atoms with van der Waals surface area (Å²) >= 11 is 0. The number of nitrogens with zero attached hydrogens (tertiary/aromatic N) is 1. The van der Waals surface area contributed by atoms with Gasteiger partial charge >= 0.3 is 0 Å². The highest BCUT2D eigenvalue weighted by Gasteiger charge is 2.32. The van der Waals surface area contributed by atoms with Gasteiger partial charge in [0.05, 0.1) is 6.61 Å². The molecule has 108 valence electrons. The molecule has 0 amide bonds. The maximum absolute atomic E-state index is 9.26. The normalized spacial score (nSPS) is 26.0. The van der Waals surface area contributed by atoms with E-state index in [2.05, 4.69) is 32.7 Å². The van der Waals surface area contributed by atoms with Gasteiger partial charge in [-0.1, -0.05) is 13.8 Å². The molecule has 18 heavy (non-hydrogen) atoms. The Balaban J connectivity index is 2.47. The van der Waals surface area contributed by atoms with Gasteiger partial charge in [0.1, 0.15) is 0 Å². The summed E-state index contributed by atoms with van der Waals surface area (Å²) in [6.45, 7) is 8.95. The van der Waals surface area contributed by atoms with Crippen molar-refractivity contribution in [3.8, 4) is 0 Å². The minimum Gasteiger partial charge on any atom is -0.394 e. The monoisotopic (exact) mass is 256 g/mol. The van der Waals surface area contributed by atoms with E-state index in [4.69, 9.17) is 5.73 Å². The van der Waals surface area contributed by atoms with Gasteiger partial charge in [-0.2, -0.15) is 0 Å². The zero-order chi connectivity index (χ0) is 14.0. The van der Waals surface area contributed by atoms with Crippen molar-refractivity contribution >= 4 is 0 Å². The first-order valence-electron chi connectivity index (χ1n) is 7.28. The van der Waals surface area contributed by atoms with Crippen LogP contribution in [0.15, 0.2) is 0 Å². The van der Waals surface area contributed by atoms with Crippen molar-refractivity contribution in [1.82, 2.24) is 4.90 Å². The lowest BCUT2D eigenvalue weighted by atomic mass is 9.75. The molecule has 0 saturated heterocycles. The van der Waals surface area contributed by atoms with E-state index in [1.165, 1.54) is 25.7 Å². The van der Waals surface area contributed by atoms with Crippen molar-refractivity contribution in [2.75, 3.05) is 13.7 Å². The topological polar surface area (TPSA) is 49.5 Å². The van der Waals surface area contributed by atoms with Crippen LogP contribution in [0.2, 0.25) is 0 Å². The van der Waals surface area contributed by atoms with Gasteiger partial charge < -0.3 is 15.7 Å². The summed E-state index contributed by atoms with van der Waals surface area (Å²) in [5.41, 5.74) is 6.12. The molecule has 0 aromatic rings. The minimum atomic E-state index is -0.457. The van der Waals surface area contributed by atoms with Gasteiger partial charge in [0.25, 0.3) is 0 Å². The van der Waals surface area contributed by atoms with Crippen molar-refractivity contribution in [1.29, 1.82) is 0 Å². The summed E-state index contributed by atoms with van der Waals surface area (Å²) < 4.78 is 0. The third-order valence-corrected chi connectivity index (χ3v) is 4.70. The number of rotatable bonds is 5. The summed E-state index contributed by atoms with van der Waals surface area (Å²) in [7, 11) is 2.21. The quantitative estimate of drug-likeness (QED) is 0.794. The Morgan fingerprint density at radius 1 is 1.39 bits per heavy atom. The first-order chi connectivity index (χ1) is 8.17. The maximum Gasteiger partial charge on any atom is 0.0609 e. The van der Waals surface area contributed by atoms with Crippen LogP contribution in [0.4, 0.5) is 0 Å². The Kier molecular flexibility index (Phi) is 5.22. The average molecular weight is 256 g/mol. The summed E-state index contributed by atoms with van der Waals surface area (Å²) in [6.07, 6.45) is 6.05. The van der Waals surface area contributed by atoms with E-state index in [9.17, 15) is 5.11 Å². The molecule has 1 aliphatic carbocycles. The highest BCUT2D eigenvalue weighted by atomic mass is 16.3. The Morgan fingerprint density at radius 3 is 2.33 bits per heavy atom. The minimum absolute atomic E-state index is 0.0584. The van der Waals surface area contributed by atoms with Crippen LogP contribution in [-0.4, -0.2) is 41.3 Å². The molecule has 0 aromatic heterocycles. The number of nitrogens with two attached hydrogens (primary N) is 1. The van der Waals surface area contributed by atoms with Crippen LogP contribution in [0.1, 0.15) is 59.8 Å². The van der Waals surface area contributed by atoms with Crippen LogP contribution in [0.25, 0.3) is 0 Å². The SMILES string of the molecule is CC(CC(C)(N)CO)N(C)C1CCC(C)(C)CC1. The Morgan fingerprint density at radius 2 is 1.89 bits per heavy atom. The lowest BCUT2D eigenvalue weighted by molar-refractivity contribution is 0.0795. The molecule has 1 rings (SSSR count). The van der Waals surface area contributed by atoms with E-state index in [1.54, 1.807) is 0 Å². The molecule has 1 saturated carbocycles. The van der Waals surface area contributed by atoms with E-state index in [1.807, 2.05) is 6.92 Å². The lowest BCUT2D eigenvalue weighted by Crippen LogP contribution is -2.49. The van der Waals surface area contributed by atoms with Crippen LogP contribution in [0.5, 0.6) is 0 Å². The number of hydrogen-bond donors (Lipinski definition) is 2. The third kappa shape index (κ3) is 4.52. The zero-order valence-electron chi connectivity index (χ0n) is 12.9. The van der Waals surface area contributed by atoms with Crippen LogP contribution in [0, 0.1) is 5.41 Å². The second-order valence-electron chi connectivity index (χ2n) is 7.43.